The van der Waals surface area contributed by atoms with Crippen LogP contribution in [0.4, 0.5) is 0 Å². The lowest BCUT2D eigenvalue weighted by atomic mass is 9.94. The lowest BCUT2D eigenvalue weighted by Gasteiger charge is -2.35. The van der Waals surface area contributed by atoms with E-state index in [0.29, 0.717) is 45.4 Å². The Morgan fingerprint density at radius 1 is 1.50 bits per heavy atom. The van der Waals surface area contributed by atoms with Crippen LogP contribution >= 0.6 is 0 Å². The van der Waals surface area contributed by atoms with Crippen LogP contribution in [-0.4, -0.2) is 53.3 Å². The van der Waals surface area contributed by atoms with Gasteiger partial charge in [0.25, 0.3) is 0 Å². The molecule has 1 N–H and O–H groups in total. The molecule has 1 saturated heterocycles. The normalized spacial score (nSPS) is 17.7. The predicted octanol–water partition coefficient (Wildman–Crippen LogP) is 1.01. The second kappa shape index (κ2) is 6.81. The van der Waals surface area contributed by atoms with Crippen LogP contribution in [-0.2, 0) is 16.0 Å². The zero-order valence-electron chi connectivity index (χ0n) is 11.9. The fourth-order valence-corrected chi connectivity index (χ4v) is 2.43. The molecule has 0 unspecified atom stereocenters. The minimum absolute atomic E-state index is 0.0498. The molecule has 0 saturated carbocycles. The summed E-state index contributed by atoms with van der Waals surface area (Å²) in [5.41, 5.74) is 0.260. The van der Waals surface area contributed by atoms with Crippen molar-refractivity contribution in [1.29, 1.82) is 0 Å². The highest BCUT2D eigenvalue weighted by Crippen LogP contribution is 2.21. The molecule has 0 aliphatic carbocycles. The number of ether oxygens (including phenoxy) is 1. The van der Waals surface area contributed by atoms with Gasteiger partial charge in [0.15, 0.2) is 0 Å². The van der Waals surface area contributed by atoms with E-state index in [1.165, 1.54) is 0 Å². The fourth-order valence-electron chi connectivity index (χ4n) is 2.43. The molecule has 0 atom stereocenters. The van der Waals surface area contributed by atoms with Crippen LogP contribution in [0.3, 0.4) is 0 Å². The summed E-state index contributed by atoms with van der Waals surface area (Å²) in [7, 11) is 1.75. The lowest BCUT2D eigenvalue weighted by Crippen LogP contribution is -2.47. The molecular weight excluding hydrogens is 256 g/mol. The van der Waals surface area contributed by atoms with Crippen molar-refractivity contribution in [2.75, 3.05) is 26.8 Å². The van der Waals surface area contributed by atoms with Gasteiger partial charge < -0.3 is 14.7 Å². The zero-order chi connectivity index (χ0) is 14.4. The number of hydrogen-bond donors (Lipinski definition) is 1. The highest BCUT2D eigenvalue weighted by molar-refractivity contribution is 5.76. The fraction of sp³-hybridized carbons (Fsp3) is 0.600. The average Bonchev–Trinajstić information content (AvgIpc) is 2.46. The first-order valence-corrected chi connectivity index (χ1v) is 7.02. The van der Waals surface area contributed by atoms with E-state index in [4.69, 9.17) is 4.74 Å². The number of aliphatic hydroxyl groups is 1. The molecule has 0 radical (unpaired) electrons. The summed E-state index contributed by atoms with van der Waals surface area (Å²) < 4.78 is 5.24. The Labute approximate surface area is 119 Å². The molecule has 2 heterocycles. The molecular formula is C15H22N2O3. The van der Waals surface area contributed by atoms with Gasteiger partial charge in [-0.05, 0) is 18.1 Å². The third-order valence-electron chi connectivity index (χ3n) is 3.73. The topological polar surface area (TPSA) is 62.7 Å². The summed E-state index contributed by atoms with van der Waals surface area (Å²) in [6.07, 6.45) is 5.80. The number of nitrogens with zero attached hydrogens (tertiary/aromatic N) is 2. The summed E-state index contributed by atoms with van der Waals surface area (Å²) >= 11 is 0. The van der Waals surface area contributed by atoms with E-state index in [1.807, 2.05) is 12.1 Å². The Kier molecular flexibility index (Phi) is 5.09. The van der Waals surface area contributed by atoms with E-state index in [2.05, 4.69) is 4.98 Å². The van der Waals surface area contributed by atoms with Crippen LogP contribution in [0, 0.1) is 0 Å². The molecule has 0 spiro atoms. The van der Waals surface area contributed by atoms with E-state index in [0.717, 1.165) is 5.56 Å². The summed E-state index contributed by atoms with van der Waals surface area (Å²) in [4.78, 5) is 17.8. The molecule has 1 aliphatic rings. The van der Waals surface area contributed by atoms with Gasteiger partial charge in [0, 0.05) is 58.5 Å². The first-order chi connectivity index (χ1) is 9.59. The van der Waals surface area contributed by atoms with E-state index in [1.54, 1.807) is 24.3 Å². The van der Waals surface area contributed by atoms with Crippen molar-refractivity contribution in [3.63, 3.8) is 0 Å². The minimum atomic E-state index is -0.795. The first-order valence-electron chi connectivity index (χ1n) is 7.02. The molecule has 1 fully saturated rings. The molecule has 1 amide bonds. The van der Waals surface area contributed by atoms with Crippen molar-refractivity contribution in [2.45, 2.75) is 31.3 Å². The van der Waals surface area contributed by atoms with Crippen LogP contribution in [0.25, 0.3) is 0 Å². The van der Waals surface area contributed by atoms with Gasteiger partial charge in [0.2, 0.25) is 5.91 Å². The van der Waals surface area contributed by atoms with Crippen molar-refractivity contribution >= 4 is 5.91 Å². The second-order valence-electron chi connectivity index (χ2n) is 5.45. The predicted molar refractivity (Wildman–Crippen MR) is 75.2 cm³/mol. The van der Waals surface area contributed by atoms with Crippen molar-refractivity contribution in [2.24, 2.45) is 0 Å². The van der Waals surface area contributed by atoms with Gasteiger partial charge in [-0.1, -0.05) is 6.07 Å². The van der Waals surface area contributed by atoms with E-state index < -0.39 is 5.60 Å². The number of hydrogen-bond acceptors (Lipinski definition) is 4. The van der Waals surface area contributed by atoms with Crippen LogP contribution in [0.2, 0.25) is 0 Å². The van der Waals surface area contributed by atoms with Gasteiger partial charge >= 0.3 is 0 Å². The van der Waals surface area contributed by atoms with Crippen LogP contribution < -0.4 is 0 Å². The summed E-state index contributed by atoms with van der Waals surface area (Å²) in [6, 6.07) is 3.83. The maximum Gasteiger partial charge on any atom is 0.222 e. The number of likely N-dealkylation sites (N-methyl/N-ethyl adjacent to an activating group) is 1. The highest BCUT2D eigenvalue weighted by Gasteiger charge is 2.32. The van der Waals surface area contributed by atoms with Gasteiger partial charge in [-0.2, -0.15) is 0 Å². The number of pyridine rings is 1. The maximum absolute atomic E-state index is 12.1. The highest BCUT2D eigenvalue weighted by atomic mass is 16.5. The van der Waals surface area contributed by atoms with Crippen molar-refractivity contribution in [3.05, 3.63) is 30.1 Å². The first kappa shape index (κ1) is 14.9. The second-order valence-corrected chi connectivity index (χ2v) is 5.45. The van der Waals surface area contributed by atoms with Gasteiger partial charge in [-0.15, -0.1) is 0 Å². The van der Waals surface area contributed by atoms with Crippen LogP contribution in [0.15, 0.2) is 24.5 Å². The number of aromatic nitrogens is 1. The molecule has 1 aromatic rings. The van der Waals surface area contributed by atoms with Crippen molar-refractivity contribution in [3.8, 4) is 0 Å². The van der Waals surface area contributed by atoms with Gasteiger partial charge in [-0.3, -0.25) is 9.78 Å². The van der Waals surface area contributed by atoms with Crippen molar-refractivity contribution in [1.82, 2.24) is 9.88 Å². The maximum atomic E-state index is 12.1. The number of aryl methyl sites for hydroxylation is 1. The van der Waals surface area contributed by atoms with Gasteiger partial charge in [0.05, 0.1) is 5.60 Å². The smallest absolute Gasteiger partial charge is 0.222 e. The lowest BCUT2D eigenvalue weighted by molar-refractivity contribution is -0.136. The van der Waals surface area contributed by atoms with Crippen molar-refractivity contribution < 1.29 is 14.6 Å². The van der Waals surface area contributed by atoms with Gasteiger partial charge in [-0.25, -0.2) is 0 Å². The summed E-state index contributed by atoms with van der Waals surface area (Å²) in [6.45, 7) is 1.50. The molecule has 5 nitrogen and oxygen atoms in total. The summed E-state index contributed by atoms with van der Waals surface area (Å²) in [5, 5.41) is 10.4. The minimum Gasteiger partial charge on any atom is -0.388 e. The Balaban J connectivity index is 1.79. The number of rotatable bonds is 5. The number of carbonyl (C=O) groups is 1. The Morgan fingerprint density at radius 3 is 2.90 bits per heavy atom. The van der Waals surface area contributed by atoms with E-state index in [9.17, 15) is 9.90 Å². The molecule has 1 aromatic heterocycles. The molecule has 0 bridgehead atoms. The quantitative estimate of drug-likeness (QED) is 0.873. The largest absolute Gasteiger partial charge is 0.388 e. The Morgan fingerprint density at radius 2 is 2.25 bits per heavy atom. The molecule has 110 valence electrons. The monoisotopic (exact) mass is 278 g/mol. The SMILES string of the molecule is CN(CC1(O)CCOCC1)C(=O)CCc1cccnc1. The number of carbonyl (C=O) groups excluding carboxylic acids is 1. The molecule has 5 heteroatoms. The van der Waals surface area contributed by atoms with Crippen LogP contribution in [0.5, 0.6) is 0 Å². The molecule has 1 aliphatic heterocycles. The third-order valence-corrected chi connectivity index (χ3v) is 3.73. The van der Waals surface area contributed by atoms with E-state index >= 15 is 0 Å². The van der Waals surface area contributed by atoms with E-state index in [-0.39, 0.29) is 5.91 Å². The zero-order valence-corrected chi connectivity index (χ0v) is 11.9. The Hall–Kier alpha value is -1.46. The molecule has 2 rings (SSSR count). The standard InChI is InChI=1S/C15H22N2O3/c1-17(12-15(19)6-9-20-10-7-15)14(18)5-4-13-3-2-8-16-11-13/h2-3,8,11,19H,4-7,9-10,12H2,1H3. The molecule has 0 aromatic carbocycles. The van der Waals surface area contributed by atoms with Gasteiger partial charge in [0.1, 0.15) is 0 Å². The van der Waals surface area contributed by atoms with Crippen LogP contribution in [0.1, 0.15) is 24.8 Å². The number of amides is 1. The summed E-state index contributed by atoms with van der Waals surface area (Å²) in [5.74, 6) is 0.0498. The Bertz CT molecular complexity index is 430. The molecule has 20 heavy (non-hydrogen) atoms. The third kappa shape index (κ3) is 4.28. The average molecular weight is 278 g/mol.